The second kappa shape index (κ2) is 4.41. The van der Waals surface area contributed by atoms with E-state index >= 15 is 0 Å². The Morgan fingerprint density at radius 3 is 2.50 bits per heavy atom. The summed E-state index contributed by atoms with van der Waals surface area (Å²) in [4.78, 5) is 22.2. The summed E-state index contributed by atoms with van der Waals surface area (Å²) < 4.78 is 4.58. The third-order valence-electron chi connectivity index (χ3n) is 2.61. The molecular weight excluding hydrogens is 184 g/mol. The molecule has 0 aromatic heterocycles. The molecule has 0 unspecified atom stereocenters. The van der Waals surface area contributed by atoms with Crippen molar-refractivity contribution in [3.05, 3.63) is 0 Å². The van der Waals surface area contributed by atoms with Crippen molar-refractivity contribution < 1.29 is 14.3 Å². The highest BCUT2D eigenvalue weighted by Gasteiger charge is 2.40. The van der Waals surface area contributed by atoms with E-state index in [4.69, 9.17) is 5.73 Å². The topological polar surface area (TPSA) is 81.4 Å². The quantitative estimate of drug-likeness (QED) is 0.602. The number of carbonyl (C=O) groups is 2. The van der Waals surface area contributed by atoms with E-state index in [1.807, 2.05) is 0 Å². The maximum absolute atomic E-state index is 11.1. The number of nitrogens with two attached hydrogens (primary N) is 1. The Morgan fingerprint density at radius 1 is 1.50 bits per heavy atom. The van der Waals surface area contributed by atoms with Crippen molar-refractivity contribution in [3.63, 3.8) is 0 Å². The van der Waals surface area contributed by atoms with Gasteiger partial charge in [-0.25, -0.2) is 0 Å². The second-order valence-electron chi connectivity index (χ2n) is 3.64. The van der Waals surface area contributed by atoms with Gasteiger partial charge >= 0.3 is 5.97 Å². The molecule has 0 spiro atoms. The number of carbonyl (C=O) groups excluding carboxylic acids is 2. The van der Waals surface area contributed by atoms with Gasteiger partial charge in [0.25, 0.3) is 0 Å². The molecule has 14 heavy (non-hydrogen) atoms. The molecule has 3 N–H and O–H groups in total. The summed E-state index contributed by atoms with van der Waals surface area (Å²) in [6, 6.07) is 0. The van der Waals surface area contributed by atoms with Crippen LogP contribution in [0.25, 0.3) is 0 Å². The highest BCUT2D eigenvalue weighted by Crippen LogP contribution is 2.35. The van der Waals surface area contributed by atoms with Crippen molar-refractivity contribution >= 4 is 11.9 Å². The van der Waals surface area contributed by atoms with E-state index in [0.717, 1.165) is 19.3 Å². The van der Waals surface area contributed by atoms with E-state index in [1.165, 1.54) is 7.11 Å². The summed E-state index contributed by atoms with van der Waals surface area (Å²) in [5.41, 5.74) is 4.81. The fraction of sp³-hybridized carbons (Fsp3) is 0.778. The number of hydrogen-bond acceptors (Lipinski definition) is 4. The van der Waals surface area contributed by atoms with Crippen molar-refractivity contribution in [3.8, 4) is 0 Å². The van der Waals surface area contributed by atoms with Gasteiger partial charge in [-0.1, -0.05) is 0 Å². The Hall–Kier alpha value is -1.10. The van der Waals surface area contributed by atoms with Crippen molar-refractivity contribution in [1.82, 2.24) is 5.32 Å². The lowest BCUT2D eigenvalue weighted by atomic mass is 9.74. The second-order valence-corrected chi connectivity index (χ2v) is 3.64. The van der Waals surface area contributed by atoms with Gasteiger partial charge in [0.1, 0.15) is 0 Å². The van der Waals surface area contributed by atoms with E-state index in [2.05, 4.69) is 10.1 Å². The largest absolute Gasteiger partial charge is 0.469 e. The van der Waals surface area contributed by atoms with Gasteiger partial charge in [0.15, 0.2) is 0 Å². The molecule has 1 fully saturated rings. The monoisotopic (exact) mass is 200 g/mol. The molecule has 0 aromatic carbocycles. The van der Waals surface area contributed by atoms with Gasteiger partial charge in [-0.3, -0.25) is 9.59 Å². The van der Waals surface area contributed by atoms with Crippen LogP contribution in [0.1, 0.15) is 25.7 Å². The number of rotatable bonds is 4. The molecule has 1 aliphatic rings. The van der Waals surface area contributed by atoms with Crippen LogP contribution in [0.4, 0.5) is 0 Å². The lowest BCUT2D eigenvalue weighted by molar-refractivity contribution is -0.143. The summed E-state index contributed by atoms with van der Waals surface area (Å²) in [5, 5.41) is 2.78. The van der Waals surface area contributed by atoms with Gasteiger partial charge in [-0.05, 0) is 19.3 Å². The standard InChI is InChI=1S/C9H16N2O3/c1-14-8(13)5-9(3-2-4-9)11-7(12)6-10/h2-6,10H2,1H3,(H,11,12). The van der Waals surface area contributed by atoms with Gasteiger partial charge in [0.05, 0.1) is 25.6 Å². The van der Waals surface area contributed by atoms with Crippen molar-refractivity contribution in [2.45, 2.75) is 31.2 Å². The van der Waals surface area contributed by atoms with Gasteiger partial charge < -0.3 is 15.8 Å². The van der Waals surface area contributed by atoms with Gasteiger partial charge in [0.2, 0.25) is 5.91 Å². The molecule has 5 nitrogen and oxygen atoms in total. The fourth-order valence-corrected chi connectivity index (χ4v) is 1.64. The summed E-state index contributed by atoms with van der Waals surface area (Å²) in [7, 11) is 1.35. The smallest absolute Gasteiger partial charge is 0.307 e. The van der Waals surface area contributed by atoms with E-state index in [9.17, 15) is 9.59 Å². The molecule has 1 saturated carbocycles. The lowest BCUT2D eigenvalue weighted by Crippen LogP contribution is -2.56. The maximum atomic E-state index is 11.1. The van der Waals surface area contributed by atoms with Crippen LogP contribution in [0.3, 0.4) is 0 Å². The molecule has 0 saturated heterocycles. The van der Waals surface area contributed by atoms with Crippen LogP contribution < -0.4 is 11.1 Å². The lowest BCUT2D eigenvalue weighted by Gasteiger charge is -2.41. The molecule has 0 aromatic rings. The van der Waals surface area contributed by atoms with Crippen molar-refractivity contribution in [2.75, 3.05) is 13.7 Å². The number of amides is 1. The van der Waals surface area contributed by atoms with Crippen LogP contribution in [-0.4, -0.2) is 31.1 Å². The molecule has 1 rings (SSSR count). The molecule has 0 bridgehead atoms. The van der Waals surface area contributed by atoms with E-state index in [-0.39, 0.29) is 30.4 Å². The number of ether oxygens (including phenoxy) is 1. The average Bonchev–Trinajstić information content (AvgIpc) is 2.13. The summed E-state index contributed by atoms with van der Waals surface area (Å²) >= 11 is 0. The van der Waals surface area contributed by atoms with Crippen LogP contribution >= 0.6 is 0 Å². The Kier molecular flexibility index (Phi) is 3.46. The van der Waals surface area contributed by atoms with Gasteiger partial charge in [-0.15, -0.1) is 0 Å². The predicted octanol–water partition coefficient (Wildman–Crippen LogP) is -0.453. The molecule has 80 valence electrons. The van der Waals surface area contributed by atoms with Crippen LogP contribution in [0.2, 0.25) is 0 Å². The number of hydrogen-bond donors (Lipinski definition) is 2. The molecule has 5 heteroatoms. The van der Waals surface area contributed by atoms with E-state index < -0.39 is 0 Å². The first kappa shape index (κ1) is 11.0. The molecular formula is C9H16N2O3. The fourth-order valence-electron chi connectivity index (χ4n) is 1.64. The van der Waals surface area contributed by atoms with Crippen LogP contribution in [0.15, 0.2) is 0 Å². The van der Waals surface area contributed by atoms with Gasteiger partial charge in [0, 0.05) is 0 Å². The maximum Gasteiger partial charge on any atom is 0.307 e. The molecule has 0 aliphatic heterocycles. The molecule has 1 amide bonds. The molecule has 0 radical (unpaired) electrons. The SMILES string of the molecule is COC(=O)CC1(NC(=O)CN)CCC1. The summed E-state index contributed by atoms with van der Waals surface area (Å²) in [5.74, 6) is -0.504. The average molecular weight is 200 g/mol. The first-order valence-corrected chi connectivity index (χ1v) is 4.70. The van der Waals surface area contributed by atoms with Crippen LogP contribution in [0, 0.1) is 0 Å². The van der Waals surface area contributed by atoms with Gasteiger partial charge in [-0.2, -0.15) is 0 Å². The third kappa shape index (κ3) is 2.45. The first-order valence-electron chi connectivity index (χ1n) is 4.70. The van der Waals surface area contributed by atoms with E-state index in [0.29, 0.717) is 0 Å². The Labute approximate surface area is 83.0 Å². The highest BCUT2D eigenvalue weighted by atomic mass is 16.5. The van der Waals surface area contributed by atoms with Crippen LogP contribution in [-0.2, 0) is 14.3 Å². The zero-order chi connectivity index (χ0) is 10.6. The Bertz CT molecular complexity index is 216. The Balaban J connectivity index is 2.49. The molecule has 0 atom stereocenters. The zero-order valence-corrected chi connectivity index (χ0v) is 8.34. The third-order valence-corrected chi connectivity index (χ3v) is 2.61. The predicted molar refractivity (Wildman–Crippen MR) is 50.4 cm³/mol. The number of methoxy groups -OCH3 is 1. The van der Waals surface area contributed by atoms with Crippen molar-refractivity contribution in [2.24, 2.45) is 5.73 Å². The van der Waals surface area contributed by atoms with E-state index in [1.54, 1.807) is 0 Å². The first-order chi connectivity index (χ1) is 6.62. The number of esters is 1. The minimum atomic E-state index is -0.385. The molecule has 1 aliphatic carbocycles. The minimum Gasteiger partial charge on any atom is -0.469 e. The highest BCUT2D eigenvalue weighted by molar-refractivity contribution is 5.80. The van der Waals surface area contributed by atoms with Crippen molar-refractivity contribution in [1.29, 1.82) is 0 Å². The number of nitrogens with one attached hydrogen (secondary N) is 1. The minimum absolute atomic E-state index is 0.0388. The Morgan fingerprint density at radius 2 is 2.14 bits per heavy atom. The normalized spacial score (nSPS) is 18.1. The summed E-state index contributed by atoms with van der Waals surface area (Å²) in [6.07, 6.45) is 2.93. The summed E-state index contributed by atoms with van der Waals surface area (Å²) in [6.45, 7) is -0.0388. The zero-order valence-electron chi connectivity index (χ0n) is 8.34. The molecule has 0 heterocycles. The van der Waals surface area contributed by atoms with Crippen LogP contribution in [0.5, 0.6) is 0 Å².